The summed E-state index contributed by atoms with van der Waals surface area (Å²) in [5, 5.41) is 3.14. The second-order valence-electron chi connectivity index (χ2n) is 4.40. The Hall–Kier alpha value is -2.11. The maximum Gasteiger partial charge on any atom is 0.227 e. The Kier molecular flexibility index (Phi) is 4.33. The maximum absolute atomic E-state index is 11.3. The molecule has 1 aliphatic rings. The van der Waals surface area contributed by atoms with Gasteiger partial charge in [-0.3, -0.25) is 4.79 Å². The largest absolute Gasteiger partial charge is 0.366 e. The van der Waals surface area contributed by atoms with Crippen molar-refractivity contribution in [1.82, 2.24) is 14.9 Å². The minimum absolute atomic E-state index is 0.127. The molecule has 0 aliphatic carbocycles. The molecule has 0 saturated carbocycles. The third kappa shape index (κ3) is 3.43. The van der Waals surface area contributed by atoms with E-state index in [1.807, 2.05) is 11.0 Å². The lowest BCUT2D eigenvalue weighted by Gasteiger charge is -2.34. The fourth-order valence-corrected chi connectivity index (χ4v) is 2.00. The molecule has 6 heteroatoms. The van der Waals surface area contributed by atoms with Crippen LogP contribution in [-0.4, -0.2) is 53.5 Å². The Morgan fingerprint density at radius 3 is 2.84 bits per heavy atom. The third-order valence-electron chi connectivity index (χ3n) is 3.08. The zero-order valence-electron chi connectivity index (χ0n) is 11.2. The van der Waals surface area contributed by atoms with E-state index >= 15 is 0 Å². The zero-order valence-corrected chi connectivity index (χ0v) is 11.2. The Morgan fingerprint density at radius 2 is 2.21 bits per heavy atom. The maximum atomic E-state index is 11.3. The molecule has 1 aliphatic heterocycles. The van der Waals surface area contributed by atoms with Gasteiger partial charge in [0.15, 0.2) is 0 Å². The van der Waals surface area contributed by atoms with E-state index in [-0.39, 0.29) is 5.91 Å². The van der Waals surface area contributed by atoms with Crippen LogP contribution in [0.2, 0.25) is 0 Å². The van der Waals surface area contributed by atoms with Crippen LogP contribution in [0.3, 0.4) is 0 Å². The molecule has 0 atom stereocenters. The van der Waals surface area contributed by atoms with E-state index < -0.39 is 0 Å². The molecule has 0 radical (unpaired) electrons. The molecule has 2 rings (SSSR count). The van der Waals surface area contributed by atoms with Crippen LogP contribution in [0.4, 0.5) is 11.8 Å². The first-order valence-corrected chi connectivity index (χ1v) is 6.39. The van der Waals surface area contributed by atoms with Gasteiger partial charge in [0.1, 0.15) is 5.82 Å². The van der Waals surface area contributed by atoms with Crippen LogP contribution in [0.25, 0.3) is 0 Å². The third-order valence-corrected chi connectivity index (χ3v) is 3.08. The van der Waals surface area contributed by atoms with Crippen molar-refractivity contribution in [1.29, 1.82) is 0 Å². The fourth-order valence-electron chi connectivity index (χ4n) is 2.00. The number of anilines is 2. The van der Waals surface area contributed by atoms with Crippen LogP contribution in [0, 0.1) is 0 Å². The molecule has 0 spiro atoms. The molecule has 0 aromatic carbocycles. The van der Waals surface area contributed by atoms with Crippen LogP contribution < -0.4 is 10.2 Å². The molecule has 1 amide bonds. The molecule has 6 nitrogen and oxygen atoms in total. The first-order valence-electron chi connectivity index (χ1n) is 6.39. The topological polar surface area (TPSA) is 61.4 Å². The van der Waals surface area contributed by atoms with E-state index in [4.69, 9.17) is 0 Å². The van der Waals surface area contributed by atoms with Crippen molar-refractivity contribution in [3.05, 3.63) is 24.9 Å². The van der Waals surface area contributed by atoms with Gasteiger partial charge in [0.2, 0.25) is 11.9 Å². The molecule has 0 bridgehead atoms. The molecular weight excluding hydrogens is 242 g/mol. The Bertz CT molecular complexity index is 454. The molecule has 19 heavy (non-hydrogen) atoms. The van der Waals surface area contributed by atoms with Crippen molar-refractivity contribution in [3.63, 3.8) is 0 Å². The second kappa shape index (κ2) is 6.17. The average molecular weight is 261 g/mol. The SMILES string of the molecule is C=CCNc1ccnc(N2CCN(C(C)=O)CC2)n1. The van der Waals surface area contributed by atoms with Gasteiger partial charge in [-0.05, 0) is 6.07 Å². The van der Waals surface area contributed by atoms with Gasteiger partial charge in [-0.2, -0.15) is 4.98 Å². The Morgan fingerprint density at radius 1 is 1.47 bits per heavy atom. The number of carbonyl (C=O) groups is 1. The summed E-state index contributed by atoms with van der Waals surface area (Å²) in [7, 11) is 0. The molecule has 2 heterocycles. The van der Waals surface area contributed by atoms with Crippen molar-refractivity contribution in [2.24, 2.45) is 0 Å². The van der Waals surface area contributed by atoms with Gasteiger partial charge >= 0.3 is 0 Å². The smallest absolute Gasteiger partial charge is 0.227 e. The lowest BCUT2D eigenvalue weighted by molar-refractivity contribution is -0.129. The van der Waals surface area contributed by atoms with Crippen LogP contribution in [-0.2, 0) is 4.79 Å². The van der Waals surface area contributed by atoms with E-state index in [0.29, 0.717) is 12.5 Å². The highest BCUT2D eigenvalue weighted by atomic mass is 16.2. The highest BCUT2D eigenvalue weighted by Crippen LogP contribution is 2.13. The zero-order chi connectivity index (χ0) is 13.7. The van der Waals surface area contributed by atoms with Crippen LogP contribution in [0.1, 0.15) is 6.92 Å². The van der Waals surface area contributed by atoms with Crippen molar-refractivity contribution >= 4 is 17.7 Å². The fraction of sp³-hybridized carbons (Fsp3) is 0.462. The van der Waals surface area contributed by atoms with E-state index in [2.05, 4.69) is 26.8 Å². The van der Waals surface area contributed by atoms with Gasteiger partial charge in [0, 0.05) is 45.8 Å². The number of rotatable bonds is 4. The molecular formula is C13H19N5O. The highest BCUT2D eigenvalue weighted by Gasteiger charge is 2.20. The summed E-state index contributed by atoms with van der Waals surface area (Å²) in [5.74, 6) is 1.62. The summed E-state index contributed by atoms with van der Waals surface area (Å²) in [5.41, 5.74) is 0. The van der Waals surface area contributed by atoms with E-state index in [0.717, 1.165) is 32.0 Å². The quantitative estimate of drug-likeness (QED) is 0.810. The summed E-state index contributed by atoms with van der Waals surface area (Å²) in [6.45, 7) is 8.92. The number of aromatic nitrogens is 2. The van der Waals surface area contributed by atoms with Crippen molar-refractivity contribution in [2.75, 3.05) is 42.9 Å². The molecule has 1 aromatic heterocycles. The van der Waals surface area contributed by atoms with Crippen molar-refractivity contribution in [2.45, 2.75) is 6.92 Å². The number of nitrogens with zero attached hydrogens (tertiary/aromatic N) is 4. The number of hydrogen-bond donors (Lipinski definition) is 1. The molecule has 0 unspecified atom stereocenters. The Labute approximate surface area is 113 Å². The summed E-state index contributed by atoms with van der Waals surface area (Å²) < 4.78 is 0. The highest BCUT2D eigenvalue weighted by molar-refractivity contribution is 5.73. The standard InChI is InChI=1S/C13H19N5O/c1-3-5-14-12-4-6-15-13(16-12)18-9-7-17(8-10-18)11(2)19/h3-4,6H,1,5,7-10H2,2H3,(H,14,15,16). The summed E-state index contributed by atoms with van der Waals surface area (Å²) in [4.78, 5) is 24.0. The number of carbonyl (C=O) groups excluding carboxylic acids is 1. The monoisotopic (exact) mass is 261 g/mol. The first-order chi connectivity index (χ1) is 9.20. The van der Waals surface area contributed by atoms with Crippen molar-refractivity contribution in [3.8, 4) is 0 Å². The van der Waals surface area contributed by atoms with Gasteiger partial charge in [-0.1, -0.05) is 6.08 Å². The molecule has 102 valence electrons. The molecule has 1 saturated heterocycles. The predicted molar refractivity (Wildman–Crippen MR) is 75.2 cm³/mol. The number of amides is 1. The first kappa shape index (κ1) is 13.3. The van der Waals surface area contributed by atoms with Crippen molar-refractivity contribution < 1.29 is 4.79 Å². The van der Waals surface area contributed by atoms with Crippen LogP contribution in [0.15, 0.2) is 24.9 Å². The second-order valence-corrected chi connectivity index (χ2v) is 4.40. The number of hydrogen-bond acceptors (Lipinski definition) is 5. The predicted octanol–water partition coefficient (Wildman–Crippen LogP) is 0.743. The Balaban J connectivity index is 1.99. The van der Waals surface area contributed by atoms with E-state index in [9.17, 15) is 4.79 Å². The minimum Gasteiger partial charge on any atom is -0.366 e. The lowest BCUT2D eigenvalue weighted by Crippen LogP contribution is -2.48. The van der Waals surface area contributed by atoms with Crippen LogP contribution in [0.5, 0.6) is 0 Å². The van der Waals surface area contributed by atoms with Gasteiger partial charge in [0.25, 0.3) is 0 Å². The van der Waals surface area contributed by atoms with Gasteiger partial charge in [-0.15, -0.1) is 6.58 Å². The van der Waals surface area contributed by atoms with E-state index in [1.54, 1.807) is 19.2 Å². The molecule has 1 N–H and O–H groups in total. The summed E-state index contributed by atoms with van der Waals surface area (Å²) >= 11 is 0. The number of piperazine rings is 1. The molecule has 1 aromatic rings. The van der Waals surface area contributed by atoms with E-state index in [1.165, 1.54) is 0 Å². The van der Waals surface area contributed by atoms with Gasteiger partial charge < -0.3 is 15.1 Å². The lowest BCUT2D eigenvalue weighted by atomic mass is 10.3. The van der Waals surface area contributed by atoms with Gasteiger partial charge in [-0.25, -0.2) is 4.98 Å². The summed E-state index contributed by atoms with van der Waals surface area (Å²) in [6, 6.07) is 1.83. The average Bonchev–Trinajstić information content (AvgIpc) is 2.45. The summed E-state index contributed by atoms with van der Waals surface area (Å²) in [6.07, 6.45) is 3.53. The van der Waals surface area contributed by atoms with Gasteiger partial charge in [0.05, 0.1) is 0 Å². The normalized spacial score (nSPS) is 15.2. The number of nitrogens with one attached hydrogen (secondary N) is 1. The minimum atomic E-state index is 0.127. The molecule has 1 fully saturated rings. The van der Waals surface area contributed by atoms with Crippen LogP contribution >= 0.6 is 0 Å².